The molecule has 22 heavy (non-hydrogen) atoms. The van der Waals surface area contributed by atoms with Crippen LogP contribution >= 0.6 is 11.3 Å². The molecule has 0 aliphatic heterocycles. The summed E-state index contributed by atoms with van der Waals surface area (Å²) in [4.78, 5) is 39.9. The van der Waals surface area contributed by atoms with Crippen LogP contribution in [0.2, 0.25) is 0 Å². The SMILES string of the molecule is CC1CCc2c(sc3[nH]c(=O)n(CCCC(=O)O)c(=O)c23)C1. The summed E-state index contributed by atoms with van der Waals surface area (Å²) in [6.07, 6.45) is 3.09. The summed E-state index contributed by atoms with van der Waals surface area (Å²) in [6, 6.07) is 0. The maximum absolute atomic E-state index is 12.6. The smallest absolute Gasteiger partial charge is 0.329 e. The lowest BCUT2D eigenvalue weighted by atomic mass is 9.89. The van der Waals surface area contributed by atoms with Crippen molar-refractivity contribution in [3.63, 3.8) is 0 Å². The molecule has 0 bridgehead atoms. The van der Waals surface area contributed by atoms with E-state index in [1.807, 2.05) is 0 Å². The molecule has 1 atom stereocenters. The largest absolute Gasteiger partial charge is 0.481 e. The van der Waals surface area contributed by atoms with Crippen LogP contribution in [0.15, 0.2) is 9.59 Å². The molecule has 1 aliphatic rings. The molecule has 0 saturated heterocycles. The maximum atomic E-state index is 12.6. The number of nitrogens with zero attached hydrogens (tertiary/aromatic N) is 1. The lowest BCUT2D eigenvalue weighted by Crippen LogP contribution is -2.35. The van der Waals surface area contributed by atoms with Crippen LogP contribution in [-0.4, -0.2) is 20.6 Å². The molecule has 0 radical (unpaired) electrons. The third-order valence-corrected chi connectivity index (χ3v) is 5.38. The number of nitrogens with one attached hydrogen (secondary N) is 1. The van der Waals surface area contributed by atoms with Gasteiger partial charge < -0.3 is 5.11 Å². The van der Waals surface area contributed by atoms with E-state index in [1.165, 1.54) is 16.2 Å². The van der Waals surface area contributed by atoms with E-state index in [4.69, 9.17) is 5.11 Å². The minimum atomic E-state index is -0.924. The lowest BCUT2D eigenvalue weighted by molar-refractivity contribution is -0.137. The fraction of sp³-hybridized carbons (Fsp3) is 0.533. The lowest BCUT2D eigenvalue weighted by Gasteiger charge is -2.17. The van der Waals surface area contributed by atoms with Crippen molar-refractivity contribution in [2.75, 3.05) is 0 Å². The number of aryl methyl sites for hydroxylation is 1. The molecule has 2 N–H and O–H groups in total. The average Bonchev–Trinajstić information content (AvgIpc) is 2.79. The summed E-state index contributed by atoms with van der Waals surface area (Å²) in [5.74, 6) is -0.322. The first-order valence-electron chi connectivity index (χ1n) is 7.46. The van der Waals surface area contributed by atoms with E-state index >= 15 is 0 Å². The Morgan fingerprint density at radius 2 is 2.23 bits per heavy atom. The number of thiophene rings is 1. The van der Waals surface area contributed by atoms with Gasteiger partial charge in [-0.1, -0.05) is 6.92 Å². The van der Waals surface area contributed by atoms with E-state index in [0.29, 0.717) is 16.1 Å². The predicted octanol–water partition coefficient (Wildman–Crippen LogP) is 1.74. The molecule has 3 rings (SSSR count). The van der Waals surface area contributed by atoms with Crippen LogP contribution in [-0.2, 0) is 24.2 Å². The van der Waals surface area contributed by atoms with E-state index in [0.717, 1.165) is 29.4 Å². The van der Waals surface area contributed by atoms with E-state index in [9.17, 15) is 14.4 Å². The highest BCUT2D eigenvalue weighted by Crippen LogP contribution is 2.35. The number of aromatic nitrogens is 2. The minimum absolute atomic E-state index is 0.0524. The molecule has 0 aromatic carbocycles. The number of rotatable bonds is 4. The summed E-state index contributed by atoms with van der Waals surface area (Å²) in [5.41, 5.74) is 0.345. The van der Waals surface area contributed by atoms with Crippen LogP contribution in [0.4, 0.5) is 0 Å². The fourth-order valence-corrected chi connectivity index (χ4v) is 4.44. The second kappa shape index (κ2) is 5.72. The molecule has 0 fully saturated rings. The second-order valence-corrected chi connectivity index (χ2v) is 7.05. The van der Waals surface area contributed by atoms with Crippen molar-refractivity contribution in [3.8, 4) is 0 Å². The number of H-pyrrole nitrogens is 1. The third kappa shape index (κ3) is 2.61. The first-order valence-corrected chi connectivity index (χ1v) is 8.28. The van der Waals surface area contributed by atoms with Gasteiger partial charge in [0.25, 0.3) is 5.56 Å². The van der Waals surface area contributed by atoms with Gasteiger partial charge in [0.2, 0.25) is 0 Å². The monoisotopic (exact) mass is 322 g/mol. The van der Waals surface area contributed by atoms with E-state index in [-0.39, 0.29) is 24.9 Å². The van der Waals surface area contributed by atoms with Crippen molar-refractivity contribution in [2.45, 2.75) is 45.6 Å². The van der Waals surface area contributed by atoms with Gasteiger partial charge >= 0.3 is 11.7 Å². The number of aromatic amines is 1. The van der Waals surface area contributed by atoms with Gasteiger partial charge in [0, 0.05) is 17.8 Å². The molecule has 118 valence electrons. The zero-order chi connectivity index (χ0) is 15.9. The number of hydrogen-bond acceptors (Lipinski definition) is 4. The Hall–Kier alpha value is -1.89. The highest BCUT2D eigenvalue weighted by Gasteiger charge is 2.23. The average molecular weight is 322 g/mol. The molecule has 2 aromatic heterocycles. The van der Waals surface area contributed by atoms with Crippen LogP contribution in [0.3, 0.4) is 0 Å². The molecule has 0 spiro atoms. The zero-order valence-corrected chi connectivity index (χ0v) is 13.2. The number of fused-ring (bicyclic) bond motifs is 3. The predicted molar refractivity (Wildman–Crippen MR) is 84.8 cm³/mol. The Bertz CT molecular complexity index is 846. The van der Waals surface area contributed by atoms with Crippen molar-refractivity contribution in [1.82, 2.24) is 9.55 Å². The van der Waals surface area contributed by atoms with Crippen LogP contribution in [0.5, 0.6) is 0 Å². The molecule has 1 aliphatic carbocycles. The van der Waals surface area contributed by atoms with Gasteiger partial charge in [0.05, 0.1) is 5.39 Å². The van der Waals surface area contributed by atoms with Crippen molar-refractivity contribution in [1.29, 1.82) is 0 Å². The first kappa shape index (κ1) is 15.0. The summed E-state index contributed by atoms with van der Waals surface area (Å²) < 4.78 is 1.14. The third-order valence-electron chi connectivity index (χ3n) is 4.21. The summed E-state index contributed by atoms with van der Waals surface area (Å²) in [7, 11) is 0. The van der Waals surface area contributed by atoms with Gasteiger partial charge in [-0.25, -0.2) is 4.79 Å². The standard InChI is InChI=1S/C15H18N2O4S/c1-8-4-5-9-10(7-8)22-13-12(9)14(20)17(15(21)16-13)6-2-3-11(18)19/h8H,2-7H2,1H3,(H,16,21)(H,18,19). The van der Waals surface area contributed by atoms with Gasteiger partial charge in [-0.15, -0.1) is 11.3 Å². The maximum Gasteiger partial charge on any atom is 0.329 e. The topological polar surface area (TPSA) is 92.2 Å². The van der Waals surface area contributed by atoms with E-state index in [2.05, 4.69) is 11.9 Å². The molecule has 0 saturated carbocycles. The Labute approximate surface area is 130 Å². The summed E-state index contributed by atoms with van der Waals surface area (Å²) in [5, 5.41) is 9.31. The van der Waals surface area contributed by atoms with Gasteiger partial charge in [0.1, 0.15) is 4.83 Å². The molecule has 6 nitrogen and oxygen atoms in total. The number of aliphatic carboxylic acids is 1. The van der Waals surface area contributed by atoms with Crippen molar-refractivity contribution in [3.05, 3.63) is 31.3 Å². The van der Waals surface area contributed by atoms with E-state index in [1.54, 1.807) is 0 Å². The van der Waals surface area contributed by atoms with Crippen LogP contribution < -0.4 is 11.2 Å². The van der Waals surface area contributed by atoms with Crippen molar-refractivity contribution >= 4 is 27.5 Å². The number of carbonyl (C=O) groups is 1. The quantitative estimate of drug-likeness (QED) is 0.897. The normalized spacial score (nSPS) is 17.6. The van der Waals surface area contributed by atoms with Crippen LogP contribution in [0.1, 0.15) is 36.6 Å². The fourth-order valence-electron chi connectivity index (χ4n) is 3.05. The second-order valence-electron chi connectivity index (χ2n) is 5.94. The zero-order valence-electron chi connectivity index (χ0n) is 12.3. The molecular weight excluding hydrogens is 304 g/mol. The minimum Gasteiger partial charge on any atom is -0.481 e. The first-order chi connectivity index (χ1) is 10.5. The van der Waals surface area contributed by atoms with Crippen LogP contribution in [0, 0.1) is 5.92 Å². The highest BCUT2D eigenvalue weighted by molar-refractivity contribution is 7.18. The van der Waals surface area contributed by atoms with Gasteiger partial charge in [-0.05, 0) is 37.2 Å². The van der Waals surface area contributed by atoms with E-state index < -0.39 is 11.7 Å². The molecule has 1 unspecified atom stereocenters. The number of carboxylic acid groups (broad SMARTS) is 1. The summed E-state index contributed by atoms with van der Waals surface area (Å²) >= 11 is 1.51. The molecule has 2 aromatic rings. The van der Waals surface area contributed by atoms with Crippen molar-refractivity contribution < 1.29 is 9.90 Å². The Kier molecular flexibility index (Phi) is 3.90. The molecule has 2 heterocycles. The molecule has 7 heteroatoms. The summed E-state index contributed by atoms with van der Waals surface area (Å²) in [6.45, 7) is 2.33. The van der Waals surface area contributed by atoms with Gasteiger partial charge in [0.15, 0.2) is 0 Å². The van der Waals surface area contributed by atoms with Gasteiger partial charge in [-0.3, -0.25) is 19.1 Å². The van der Waals surface area contributed by atoms with Crippen LogP contribution in [0.25, 0.3) is 10.2 Å². The number of carboxylic acids is 1. The Morgan fingerprint density at radius 1 is 1.45 bits per heavy atom. The molecule has 0 amide bonds. The molecular formula is C15H18N2O4S. The number of hydrogen-bond donors (Lipinski definition) is 2. The highest BCUT2D eigenvalue weighted by atomic mass is 32.1. The Balaban J connectivity index is 2.06. The van der Waals surface area contributed by atoms with Crippen molar-refractivity contribution in [2.24, 2.45) is 5.92 Å². The Morgan fingerprint density at radius 3 is 2.95 bits per heavy atom. The van der Waals surface area contributed by atoms with Gasteiger partial charge in [-0.2, -0.15) is 0 Å².